The number of imide groups is 1. The van der Waals surface area contributed by atoms with Crippen molar-refractivity contribution in [3.8, 4) is 11.5 Å². The molecule has 0 saturated carbocycles. The monoisotopic (exact) mass is 433 g/mol. The van der Waals surface area contributed by atoms with Gasteiger partial charge in [0.15, 0.2) is 0 Å². The highest BCUT2D eigenvalue weighted by molar-refractivity contribution is 9.14. The number of methoxy groups -OCH3 is 2. The van der Waals surface area contributed by atoms with Crippen LogP contribution < -0.4 is 9.47 Å². The number of hydrogen-bond donors (Lipinski definition) is 0. The Hall–Kier alpha value is -1.34. The van der Waals surface area contributed by atoms with Gasteiger partial charge >= 0.3 is 0 Å². The van der Waals surface area contributed by atoms with Gasteiger partial charge in [-0.3, -0.25) is 14.5 Å². The normalized spacial score (nSPS) is 14.0. The summed E-state index contributed by atoms with van der Waals surface area (Å²) in [7, 11) is 3.08. The average Bonchev–Trinajstić information content (AvgIpc) is 2.74. The van der Waals surface area contributed by atoms with Crippen molar-refractivity contribution in [2.45, 2.75) is 20.4 Å². The van der Waals surface area contributed by atoms with Gasteiger partial charge in [0.05, 0.1) is 20.8 Å². The van der Waals surface area contributed by atoms with Crippen LogP contribution in [0.15, 0.2) is 27.2 Å². The van der Waals surface area contributed by atoms with Gasteiger partial charge in [-0.1, -0.05) is 13.8 Å². The van der Waals surface area contributed by atoms with Crippen molar-refractivity contribution in [1.82, 2.24) is 4.90 Å². The zero-order valence-corrected chi connectivity index (χ0v) is 15.9. The number of rotatable bonds is 4. The second-order valence-electron chi connectivity index (χ2n) is 4.00. The van der Waals surface area contributed by atoms with Gasteiger partial charge in [0, 0.05) is 11.6 Å². The molecule has 0 bridgehead atoms. The molecule has 0 aromatic heterocycles. The van der Waals surface area contributed by atoms with Gasteiger partial charge in [-0.25, -0.2) is 0 Å². The molecule has 0 radical (unpaired) electrons. The summed E-state index contributed by atoms with van der Waals surface area (Å²) in [5.41, 5.74) is 0.720. The number of ether oxygens (including phenoxy) is 2. The lowest BCUT2D eigenvalue weighted by atomic mass is 10.1. The zero-order chi connectivity index (χ0) is 16.9. The fraction of sp³-hybridized carbons (Fsp3) is 0.333. The Morgan fingerprint density at radius 1 is 1.00 bits per heavy atom. The molecule has 0 spiro atoms. The molecular formula is C15H17Br2NO4. The van der Waals surface area contributed by atoms with Crippen LogP contribution in [-0.2, 0) is 16.1 Å². The number of carbonyl (C=O) groups is 2. The third kappa shape index (κ3) is 3.70. The summed E-state index contributed by atoms with van der Waals surface area (Å²) in [6.45, 7) is 4.13. The van der Waals surface area contributed by atoms with Crippen molar-refractivity contribution in [2.24, 2.45) is 0 Å². The zero-order valence-electron chi connectivity index (χ0n) is 12.8. The third-order valence-electron chi connectivity index (χ3n) is 2.88. The molecule has 0 atom stereocenters. The summed E-state index contributed by atoms with van der Waals surface area (Å²) in [6.07, 6.45) is 0. The topological polar surface area (TPSA) is 55.8 Å². The van der Waals surface area contributed by atoms with Crippen molar-refractivity contribution in [1.29, 1.82) is 0 Å². The molecule has 1 aromatic carbocycles. The van der Waals surface area contributed by atoms with E-state index >= 15 is 0 Å². The van der Waals surface area contributed by atoms with E-state index in [9.17, 15) is 9.59 Å². The fourth-order valence-electron chi connectivity index (χ4n) is 1.81. The van der Waals surface area contributed by atoms with Crippen LogP contribution in [0.3, 0.4) is 0 Å². The summed E-state index contributed by atoms with van der Waals surface area (Å²) < 4.78 is 10.8. The van der Waals surface area contributed by atoms with Crippen molar-refractivity contribution < 1.29 is 19.1 Å². The van der Waals surface area contributed by atoms with E-state index in [1.165, 1.54) is 7.11 Å². The first-order chi connectivity index (χ1) is 10.5. The van der Waals surface area contributed by atoms with Gasteiger partial charge in [0.1, 0.15) is 20.5 Å². The second kappa shape index (κ2) is 8.33. The van der Waals surface area contributed by atoms with Gasteiger partial charge in [-0.05, 0) is 44.0 Å². The Morgan fingerprint density at radius 3 is 2.00 bits per heavy atom. The lowest BCUT2D eigenvalue weighted by Gasteiger charge is -2.17. The molecule has 1 aromatic rings. The van der Waals surface area contributed by atoms with E-state index in [-0.39, 0.29) is 27.3 Å². The van der Waals surface area contributed by atoms with Crippen LogP contribution >= 0.6 is 31.9 Å². The molecule has 2 rings (SSSR count). The second-order valence-corrected chi connectivity index (χ2v) is 5.59. The molecule has 120 valence electrons. The maximum Gasteiger partial charge on any atom is 0.269 e. The van der Waals surface area contributed by atoms with E-state index in [4.69, 9.17) is 9.47 Å². The molecule has 1 aliphatic rings. The van der Waals surface area contributed by atoms with E-state index in [0.717, 1.165) is 10.5 Å². The largest absolute Gasteiger partial charge is 0.497 e. The molecule has 0 unspecified atom stereocenters. The maximum absolute atomic E-state index is 12.0. The molecule has 7 heteroatoms. The summed E-state index contributed by atoms with van der Waals surface area (Å²) in [5, 5.41) is 0. The quantitative estimate of drug-likeness (QED) is 0.679. The number of amides is 2. The average molecular weight is 435 g/mol. The predicted molar refractivity (Wildman–Crippen MR) is 91.3 cm³/mol. The van der Waals surface area contributed by atoms with Gasteiger partial charge in [-0.2, -0.15) is 0 Å². The molecule has 0 fully saturated rings. The van der Waals surface area contributed by atoms with E-state index in [0.29, 0.717) is 11.5 Å². The highest BCUT2D eigenvalue weighted by atomic mass is 79.9. The van der Waals surface area contributed by atoms with Crippen molar-refractivity contribution in [2.75, 3.05) is 14.2 Å². The number of hydrogen-bond acceptors (Lipinski definition) is 4. The van der Waals surface area contributed by atoms with Crippen LogP contribution in [0.25, 0.3) is 0 Å². The maximum atomic E-state index is 12.0. The number of halogens is 2. The first kappa shape index (κ1) is 18.7. The highest BCUT2D eigenvalue weighted by Gasteiger charge is 2.36. The van der Waals surface area contributed by atoms with Crippen LogP contribution in [0.4, 0.5) is 0 Å². The Labute approximate surface area is 146 Å². The van der Waals surface area contributed by atoms with Gasteiger partial charge in [-0.15, -0.1) is 0 Å². The Kier molecular flexibility index (Phi) is 7.09. The SMILES string of the molecule is CC.COc1ccc(CN2C(=O)C(Br)=C(Br)C2=O)c(OC)c1. The van der Waals surface area contributed by atoms with E-state index < -0.39 is 0 Å². The van der Waals surface area contributed by atoms with Crippen LogP contribution in [-0.4, -0.2) is 30.9 Å². The predicted octanol–water partition coefficient (Wildman–Crippen LogP) is 3.60. The number of carbonyl (C=O) groups excluding carboxylic acids is 2. The molecular weight excluding hydrogens is 418 g/mol. The Morgan fingerprint density at radius 2 is 1.55 bits per heavy atom. The highest BCUT2D eigenvalue weighted by Crippen LogP contribution is 2.32. The fourth-order valence-corrected chi connectivity index (χ4v) is 2.58. The molecule has 0 N–H and O–H groups in total. The van der Waals surface area contributed by atoms with Crippen LogP contribution in [0, 0.1) is 0 Å². The summed E-state index contributed by atoms with van der Waals surface area (Å²) in [5.74, 6) is 0.453. The van der Waals surface area contributed by atoms with Crippen LogP contribution in [0.5, 0.6) is 11.5 Å². The molecule has 0 saturated heterocycles. The standard InChI is InChI=1S/C13H11Br2NO4.C2H6/c1-19-8-4-3-7(9(5-8)20-2)6-16-12(17)10(14)11(15)13(16)18;1-2/h3-5H,6H2,1-2H3;1-2H3. The molecule has 1 heterocycles. The molecule has 2 amide bonds. The van der Waals surface area contributed by atoms with E-state index in [1.54, 1.807) is 25.3 Å². The molecule has 0 aliphatic carbocycles. The van der Waals surface area contributed by atoms with Crippen molar-refractivity contribution >= 4 is 43.7 Å². The number of benzene rings is 1. The smallest absolute Gasteiger partial charge is 0.269 e. The minimum Gasteiger partial charge on any atom is -0.497 e. The van der Waals surface area contributed by atoms with Gasteiger partial charge in [0.25, 0.3) is 11.8 Å². The molecule has 22 heavy (non-hydrogen) atoms. The van der Waals surface area contributed by atoms with Gasteiger partial charge in [0.2, 0.25) is 0 Å². The van der Waals surface area contributed by atoms with Crippen LogP contribution in [0.2, 0.25) is 0 Å². The minimum atomic E-state index is -0.375. The lowest BCUT2D eigenvalue weighted by molar-refractivity contribution is -0.137. The summed E-state index contributed by atoms with van der Waals surface area (Å²) >= 11 is 6.18. The van der Waals surface area contributed by atoms with E-state index in [1.807, 2.05) is 13.8 Å². The van der Waals surface area contributed by atoms with Crippen molar-refractivity contribution in [3.63, 3.8) is 0 Å². The first-order valence-electron chi connectivity index (χ1n) is 6.62. The van der Waals surface area contributed by atoms with Crippen LogP contribution in [0.1, 0.15) is 19.4 Å². The Bertz CT molecular complexity index is 590. The summed E-state index contributed by atoms with van der Waals surface area (Å²) in [6, 6.07) is 5.22. The first-order valence-corrected chi connectivity index (χ1v) is 8.20. The minimum absolute atomic E-state index is 0.134. The Balaban J connectivity index is 0.00000116. The molecule has 1 aliphatic heterocycles. The summed E-state index contributed by atoms with van der Waals surface area (Å²) in [4.78, 5) is 25.1. The van der Waals surface area contributed by atoms with E-state index in [2.05, 4.69) is 31.9 Å². The van der Waals surface area contributed by atoms with Crippen molar-refractivity contribution in [3.05, 3.63) is 32.7 Å². The molecule has 5 nitrogen and oxygen atoms in total. The lowest BCUT2D eigenvalue weighted by Crippen LogP contribution is -2.30. The third-order valence-corrected chi connectivity index (χ3v) is 4.88. The van der Waals surface area contributed by atoms with Gasteiger partial charge < -0.3 is 9.47 Å². The number of nitrogens with zero attached hydrogens (tertiary/aromatic N) is 1.